The summed E-state index contributed by atoms with van der Waals surface area (Å²) in [4.78, 5) is 23.9. The zero-order valence-corrected chi connectivity index (χ0v) is 11.7. The van der Waals surface area contributed by atoms with Gasteiger partial charge in [0.1, 0.15) is 11.5 Å². The first kappa shape index (κ1) is 15.2. The van der Waals surface area contributed by atoms with Crippen LogP contribution < -0.4 is 10.1 Å². The van der Waals surface area contributed by atoms with Crippen LogP contribution in [0.4, 0.5) is 5.69 Å². The van der Waals surface area contributed by atoms with Crippen molar-refractivity contribution in [2.75, 3.05) is 12.4 Å². The third-order valence-corrected chi connectivity index (χ3v) is 2.97. The minimum Gasteiger partial charge on any atom is -0.497 e. The SMILES string of the molecule is CCCC(=O)C(CC)C(=O)Nc1ccc(OC)cc1. The first-order chi connectivity index (χ1) is 9.12. The lowest BCUT2D eigenvalue weighted by Crippen LogP contribution is -2.29. The van der Waals surface area contributed by atoms with Crippen molar-refractivity contribution < 1.29 is 14.3 Å². The van der Waals surface area contributed by atoms with Gasteiger partial charge in [0.05, 0.1) is 13.0 Å². The normalized spacial score (nSPS) is 11.7. The quantitative estimate of drug-likeness (QED) is 0.769. The number of rotatable bonds is 7. The van der Waals surface area contributed by atoms with Gasteiger partial charge >= 0.3 is 0 Å². The van der Waals surface area contributed by atoms with Crippen molar-refractivity contribution in [3.05, 3.63) is 24.3 Å². The van der Waals surface area contributed by atoms with E-state index in [0.29, 0.717) is 18.5 Å². The number of ether oxygens (including phenoxy) is 1. The highest BCUT2D eigenvalue weighted by Gasteiger charge is 2.23. The molecule has 1 aromatic rings. The van der Waals surface area contributed by atoms with Crippen LogP contribution >= 0.6 is 0 Å². The van der Waals surface area contributed by atoms with Gasteiger partial charge in [-0.15, -0.1) is 0 Å². The molecular formula is C15H21NO3. The summed E-state index contributed by atoms with van der Waals surface area (Å²) in [6.07, 6.45) is 1.75. The predicted octanol–water partition coefficient (Wildman–Crippen LogP) is 3.03. The molecule has 19 heavy (non-hydrogen) atoms. The van der Waals surface area contributed by atoms with Crippen LogP contribution in [-0.2, 0) is 9.59 Å². The number of ketones is 1. The summed E-state index contributed by atoms with van der Waals surface area (Å²) in [7, 11) is 1.59. The third-order valence-electron chi connectivity index (χ3n) is 2.97. The van der Waals surface area contributed by atoms with Gasteiger partial charge in [-0.1, -0.05) is 13.8 Å². The van der Waals surface area contributed by atoms with E-state index in [1.165, 1.54) is 0 Å². The molecule has 0 spiro atoms. The van der Waals surface area contributed by atoms with E-state index >= 15 is 0 Å². The lowest BCUT2D eigenvalue weighted by Gasteiger charge is -2.13. The van der Waals surface area contributed by atoms with Crippen LogP contribution in [0.2, 0.25) is 0 Å². The highest BCUT2D eigenvalue weighted by molar-refractivity contribution is 6.07. The molecule has 0 heterocycles. The Kier molecular flexibility index (Phi) is 6.06. The molecular weight excluding hydrogens is 242 g/mol. The minimum absolute atomic E-state index is 0.0102. The van der Waals surface area contributed by atoms with Crippen molar-refractivity contribution in [1.82, 2.24) is 0 Å². The maximum atomic E-state index is 12.1. The highest BCUT2D eigenvalue weighted by atomic mass is 16.5. The molecule has 0 aliphatic carbocycles. The first-order valence-corrected chi connectivity index (χ1v) is 6.60. The van der Waals surface area contributed by atoms with Crippen molar-refractivity contribution >= 4 is 17.4 Å². The molecule has 0 radical (unpaired) electrons. The lowest BCUT2D eigenvalue weighted by atomic mass is 9.97. The molecule has 1 amide bonds. The van der Waals surface area contributed by atoms with Crippen LogP contribution in [0.15, 0.2) is 24.3 Å². The molecule has 1 unspecified atom stereocenters. The van der Waals surface area contributed by atoms with Gasteiger partial charge < -0.3 is 10.1 Å². The zero-order valence-electron chi connectivity index (χ0n) is 11.7. The van der Waals surface area contributed by atoms with E-state index in [2.05, 4.69) is 5.32 Å². The van der Waals surface area contributed by atoms with Crippen LogP contribution in [0.3, 0.4) is 0 Å². The standard InChI is InChI=1S/C15H21NO3/c1-4-6-14(17)13(5-2)15(18)16-11-7-9-12(19-3)10-8-11/h7-10,13H,4-6H2,1-3H3,(H,16,18). The molecule has 0 bridgehead atoms. The van der Waals surface area contributed by atoms with Gasteiger partial charge in [0.15, 0.2) is 0 Å². The Bertz CT molecular complexity index is 426. The first-order valence-electron chi connectivity index (χ1n) is 6.60. The molecule has 0 aromatic heterocycles. The Hall–Kier alpha value is -1.84. The van der Waals surface area contributed by atoms with Crippen molar-refractivity contribution in [1.29, 1.82) is 0 Å². The number of carbonyl (C=O) groups is 2. The average molecular weight is 263 g/mol. The summed E-state index contributed by atoms with van der Waals surface area (Å²) in [6.45, 7) is 3.79. The smallest absolute Gasteiger partial charge is 0.234 e. The number of nitrogens with one attached hydrogen (secondary N) is 1. The van der Waals surface area contributed by atoms with Gasteiger partial charge in [-0.2, -0.15) is 0 Å². The summed E-state index contributed by atoms with van der Waals surface area (Å²) < 4.78 is 5.05. The number of methoxy groups -OCH3 is 1. The van der Waals surface area contributed by atoms with Gasteiger partial charge in [0.25, 0.3) is 0 Å². The van der Waals surface area contributed by atoms with Crippen LogP contribution in [0.5, 0.6) is 5.75 Å². The number of hydrogen-bond acceptors (Lipinski definition) is 3. The molecule has 1 rings (SSSR count). The maximum absolute atomic E-state index is 12.1. The molecule has 0 saturated carbocycles. The number of benzene rings is 1. The van der Waals surface area contributed by atoms with Crippen LogP contribution in [0.25, 0.3) is 0 Å². The molecule has 0 fully saturated rings. The van der Waals surface area contributed by atoms with E-state index < -0.39 is 5.92 Å². The molecule has 1 N–H and O–H groups in total. The van der Waals surface area contributed by atoms with Gasteiger partial charge in [0.2, 0.25) is 5.91 Å². The van der Waals surface area contributed by atoms with E-state index in [9.17, 15) is 9.59 Å². The molecule has 0 aliphatic heterocycles. The number of amides is 1. The molecule has 104 valence electrons. The highest BCUT2D eigenvalue weighted by Crippen LogP contribution is 2.17. The van der Waals surface area contributed by atoms with Crippen LogP contribution in [0, 0.1) is 5.92 Å². The Morgan fingerprint density at radius 3 is 2.32 bits per heavy atom. The van der Waals surface area contributed by atoms with Gasteiger partial charge in [0, 0.05) is 12.1 Å². The fourth-order valence-electron chi connectivity index (χ4n) is 1.88. The number of Topliss-reactive ketones (excluding diaryl/α,β-unsaturated/α-hetero) is 1. The van der Waals surface area contributed by atoms with Gasteiger partial charge in [-0.05, 0) is 37.1 Å². The minimum atomic E-state index is -0.554. The summed E-state index contributed by atoms with van der Waals surface area (Å²) in [5, 5.41) is 2.77. The Balaban J connectivity index is 2.68. The molecule has 4 heteroatoms. The van der Waals surface area contributed by atoms with Crippen molar-refractivity contribution in [2.24, 2.45) is 5.92 Å². The second kappa shape index (κ2) is 7.56. The van der Waals surface area contributed by atoms with Crippen LogP contribution in [-0.4, -0.2) is 18.8 Å². The fourth-order valence-corrected chi connectivity index (χ4v) is 1.88. The van der Waals surface area contributed by atoms with E-state index in [-0.39, 0.29) is 11.7 Å². The Morgan fingerprint density at radius 1 is 1.21 bits per heavy atom. The summed E-state index contributed by atoms with van der Waals surface area (Å²) in [5.74, 6) is -0.0451. The van der Waals surface area contributed by atoms with E-state index in [0.717, 1.165) is 12.2 Å². The Labute approximate surface area is 114 Å². The average Bonchev–Trinajstić information content (AvgIpc) is 2.40. The predicted molar refractivity (Wildman–Crippen MR) is 75.3 cm³/mol. The number of carbonyl (C=O) groups excluding carboxylic acids is 2. The molecule has 1 aromatic carbocycles. The topological polar surface area (TPSA) is 55.4 Å². The van der Waals surface area contributed by atoms with Gasteiger partial charge in [-0.25, -0.2) is 0 Å². The molecule has 1 atom stereocenters. The third kappa shape index (κ3) is 4.39. The van der Waals surface area contributed by atoms with Crippen LogP contribution in [0.1, 0.15) is 33.1 Å². The van der Waals surface area contributed by atoms with E-state index in [1.807, 2.05) is 13.8 Å². The zero-order chi connectivity index (χ0) is 14.3. The van der Waals surface area contributed by atoms with Crippen molar-refractivity contribution in [2.45, 2.75) is 33.1 Å². The van der Waals surface area contributed by atoms with Gasteiger partial charge in [-0.3, -0.25) is 9.59 Å². The summed E-state index contributed by atoms with van der Waals surface area (Å²) in [5.41, 5.74) is 0.675. The monoisotopic (exact) mass is 263 g/mol. The molecule has 4 nitrogen and oxygen atoms in total. The maximum Gasteiger partial charge on any atom is 0.234 e. The molecule has 0 aliphatic rings. The van der Waals surface area contributed by atoms with Crippen molar-refractivity contribution in [3.8, 4) is 5.75 Å². The lowest BCUT2D eigenvalue weighted by molar-refractivity contribution is -0.131. The van der Waals surface area contributed by atoms with E-state index in [4.69, 9.17) is 4.74 Å². The summed E-state index contributed by atoms with van der Waals surface area (Å²) in [6, 6.07) is 7.05. The largest absolute Gasteiger partial charge is 0.497 e. The second-order valence-electron chi connectivity index (χ2n) is 4.39. The van der Waals surface area contributed by atoms with E-state index in [1.54, 1.807) is 31.4 Å². The number of anilines is 1. The van der Waals surface area contributed by atoms with Crippen molar-refractivity contribution in [3.63, 3.8) is 0 Å². The Morgan fingerprint density at radius 2 is 1.84 bits per heavy atom. The number of hydrogen-bond donors (Lipinski definition) is 1. The summed E-state index contributed by atoms with van der Waals surface area (Å²) >= 11 is 0. The molecule has 0 saturated heterocycles. The fraction of sp³-hybridized carbons (Fsp3) is 0.467. The second-order valence-corrected chi connectivity index (χ2v) is 4.39.